The van der Waals surface area contributed by atoms with Crippen LogP contribution in [0.15, 0.2) is 0 Å². The molecule has 4 nitrogen and oxygen atoms in total. The summed E-state index contributed by atoms with van der Waals surface area (Å²) in [6.45, 7) is 0.535. The van der Waals surface area contributed by atoms with Crippen molar-refractivity contribution in [2.45, 2.75) is 18.6 Å². The van der Waals surface area contributed by atoms with Crippen molar-refractivity contribution >= 4 is 36.3 Å². The van der Waals surface area contributed by atoms with E-state index in [0.717, 1.165) is 0 Å². The molecule has 0 bridgehead atoms. The maximum Gasteiger partial charge on any atom is 0.324 e. The van der Waals surface area contributed by atoms with Crippen LogP contribution in [0, 0.1) is 0 Å². The average molecular weight is 303 g/mol. The predicted octanol–water partition coefficient (Wildman–Crippen LogP) is 0.593. The number of aliphatic hydroxyl groups is 1. The van der Waals surface area contributed by atoms with Gasteiger partial charge in [0, 0.05) is 34.2 Å². The molecule has 1 saturated heterocycles. The Balaban J connectivity index is 2.57. The van der Waals surface area contributed by atoms with Crippen LogP contribution in [0.3, 0.4) is 0 Å². The van der Waals surface area contributed by atoms with E-state index in [9.17, 15) is 9.90 Å². The molecular formula is C6H10INO3S. The lowest BCUT2D eigenvalue weighted by molar-refractivity contribution is -0.144. The standard InChI is InChI=1S/C6H10INO3S/c1-11-6(10)5-2-4(9)3-8(5)12-7/h4-5,9H,2-3H2,1H3/t4-,5+/m1/s1. The maximum absolute atomic E-state index is 11.1. The van der Waals surface area contributed by atoms with Gasteiger partial charge in [-0.2, -0.15) is 0 Å². The number of hydrogen-bond donors (Lipinski definition) is 1. The van der Waals surface area contributed by atoms with Gasteiger partial charge in [0.2, 0.25) is 0 Å². The molecule has 1 fully saturated rings. The first kappa shape index (κ1) is 10.6. The number of esters is 1. The molecule has 0 aliphatic carbocycles. The Morgan fingerprint density at radius 1 is 1.83 bits per heavy atom. The first-order valence-corrected chi connectivity index (χ1v) is 6.82. The highest BCUT2D eigenvalue weighted by molar-refractivity contribution is 14.2. The van der Waals surface area contributed by atoms with E-state index in [1.807, 2.05) is 4.31 Å². The third-order valence-electron chi connectivity index (χ3n) is 1.80. The van der Waals surface area contributed by atoms with Crippen LogP contribution in [0.4, 0.5) is 0 Å². The van der Waals surface area contributed by atoms with Crippen LogP contribution < -0.4 is 0 Å². The number of carbonyl (C=O) groups excluding carboxylic acids is 1. The zero-order valence-electron chi connectivity index (χ0n) is 6.57. The number of aliphatic hydroxyl groups excluding tert-OH is 1. The minimum absolute atomic E-state index is 0.268. The number of hydrogen-bond acceptors (Lipinski definition) is 5. The number of ether oxygens (including phenoxy) is 1. The first-order valence-electron chi connectivity index (χ1n) is 3.50. The summed E-state index contributed by atoms with van der Waals surface area (Å²) in [5, 5.41) is 9.28. The van der Waals surface area contributed by atoms with Gasteiger partial charge in [0.1, 0.15) is 6.04 Å². The molecule has 1 N–H and O–H groups in total. The largest absolute Gasteiger partial charge is 0.468 e. The van der Waals surface area contributed by atoms with Crippen molar-refractivity contribution in [1.29, 1.82) is 0 Å². The Morgan fingerprint density at radius 3 is 3.00 bits per heavy atom. The second kappa shape index (κ2) is 4.64. The van der Waals surface area contributed by atoms with E-state index in [0.29, 0.717) is 13.0 Å². The molecule has 70 valence electrons. The van der Waals surface area contributed by atoms with Crippen molar-refractivity contribution < 1.29 is 14.6 Å². The van der Waals surface area contributed by atoms with E-state index in [1.54, 1.807) is 0 Å². The monoisotopic (exact) mass is 303 g/mol. The van der Waals surface area contributed by atoms with Crippen molar-refractivity contribution in [3.8, 4) is 0 Å². The van der Waals surface area contributed by atoms with Gasteiger partial charge in [0.15, 0.2) is 0 Å². The molecular weight excluding hydrogens is 293 g/mol. The molecule has 0 aromatic carbocycles. The summed E-state index contributed by atoms with van der Waals surface area (Å²) in [5.74, 6) is -0.268. The van der Waals surface area contributed by atoms with Crippen molar-refractivity contribution in [2.24, 2.45) is 0 Å². The van der Waals surface area contributed by atoms with Crippen LogP contribution in [0.25, 0.3) is 0 Å². The second-order valence-electron chi connectivity index (χ2n) is 2.60. The van der Waals surface area contributed by atoms with Crippen LogP contribution in [0.1, 0.15) is 6.42 Å². The molecule has 0 unspecified atom stereocenters. The van der Waals surface area contributed by atoms with Crippen LogP contribution in [0.2, 0.25) is 0 Å². The van der Waals surface area contributed by atoms with Crippen molar-refractivity contribution in [3.63, 3.8) is 0 Å². The quantitative estimate of drug-likeness (QED) is 0.460. The third kappa shape index (κ3) is 2.24. The molecule has 1 aliphatic rings. The fraction of sp³-hybridized carbons (Fsp3) is 0.833. The predicted molar refractivity (Wildman–Crippen MR) is 54.7 cm³/mol. The lowest BCUT2D eigenvalue weighted by Gasteiger charge is -2.16. The van der Waals surface area contributed by atoms with E-state index in [4.69, 9.17) is 0 Å². The first-order chi connectivity index (χ1) is 5.69. The van der Waals surface area contributed by atoms with Gasteiger partial charge in [-0.1, -0.05) is 0 Å². The smallest absolute Gasteiger partial charge is 0.324 e. The Hall–Kier alpha value is 0.470. The lowest BCUT2D eigenvalue weighted by Crippen LogP contribution is -2.31. The van der Waals surface area contributed by atoms with E-state index in [2.05, 4.69) is 25.9 Å². The molecule has 2 atom stereocenters. The molecule has 0 amide bonds. The molecule has 0 spiro atoms. The van der Waals surface area contributed by atoms with E-state index >= 15 is 0 Å². The van der Waals surface area contributed by atoms with Gasteiger partial charge in [0.25, 0.3) is 0 Å². The molecule has 0 aromatic heterocycles. The SMILES string of the molecule is COC(=O)[C@@H]1C[C@@H](O)CN1SI. The van der Waals surface area contributed by atoms with Gasteiger partial charge in [0.05, 0.1) is 13.2 Å². The molecule has 0 saturated carbocycles. The minimum Gasteiger partial charge on any atom is -0.468 e. The van der Waals surface area contributed by atoms with Crippen molar-refractivity contribution in [3.05, 3.63) is 0 Å². The number of rotatable bonds is 2. The Labute approximate surface area is 87.4 Å². The minimum atomic E-state index is -0.406. The average Bonchev–Trinajstić information content (AvgIpc) is 2.45. The van der Waals surface area contributed by atoms with Crippen molar-refractivity contribution in [1.82, 2.24) is 4.31 Å². The Morgan fingerprint density at radius 2 is 2.50 bits per heavy atom. The van der Waals surface area contributed by atoms with Gasteiger partial charge in [-0.05, 0) is 9.12 Å². The maximum atomic E-state index is 11.1. The molecule has 0 aromatic rings. The summed E-state index contributed by atoms with van der Waals surface area (Å²) in [5.41, 5.74) is 0. The van der Waals surface area contributed by atoms with E-state index in [1.165, 1.54) is 16.2 Å². The highest BCUT2D eigenvalue weighted by Crippen LogP contribution is 2.30. The molecule has 1 heterocycles. The summed E-state index contributed by atoms with van der Waals surface area (Å²) in [6, 6.07) is -0.285. The second-order valence-corrected chi connectivity index (χ2v) is 4.39. The molecule has 1 aliphatic heterocycles. The number of carbonyl (C=O) groups is 1. The Kier molecular flexibility index (Phi) is 4.08. The van der Waals surface area contributed by atoms with Gasteiger partial charge in [-0.15, -0.1) is 0 Å². The highest BCUT2D eigenvalue weighted by Gasteiger charge is 2.36. The zero-order chi connectivity index (χ0) is 9.14. The van der Waals surface area contributed by atoms with Gasteiger partial charge < -0.3 is 9.84 Å². The summed E-state index contributed by atoms with van der Waals surface area (Å²) in [4.78, 5) is 11.1. The van der Waals surface area contributed by atoms with Crippen molar-refractivity contribution in [2.75, 3.05) is 13.7 Å². The summed E-state index contributed by atoms with van der Waals surface area (Å²) in [6.07, 6.45) is 0.0687. The molecule has 0 radical (unpaired) electrons. The van der Waals surface area contributed by atoms with Crippen LogP contribution in [0.5, 0.6) is 0 Å². The topological polar surface area (TPSA) is 49.8 Å². The summed E-state index contributed by atoms with van der Waals surface area (Å²) in [7, 11) is 2.79. The fourth-order valence-corrected chi connectivity index (χ4v) is 3.01. The number of methoxy groups -OCH3 is 1. The van der Waals surface area contributed by atoms with Crippen LogP contribution in [-0.4, -0.2) is 41.2 Å². The Bertz CT molecular complexity index is 180. The van der Waals surface area contributed by atoms with Crippen LogP contribution >= 0.6 is 30.3 Å². The summed E-state index contributed by atoms with van der Waals surface area (Å²) < 4.78 is 6.44. The van der Waals surface area contributed by atoms with Gasteiger partial charge in [-0.3, -0.25) is 4.79 Å². The molecule has 1 rings (SSSR count). The van der Waals surface area contributed by atoms with E-state index in [-0.39, 0.29) is 12.0 Å². The highest BCUT2D eigenvalue weighted by atomic mass is 127. The molecule has 6 heteroatoms. The van der Waals surface area contributed by atoms with Crippen LogP contribution in [-0.2, 0) is 9.53 Å². The zero-order valence-corrected chi connectivity index (χ0v) is 9.54. The lowest BCUT2D eigenvalue weighted by atomic mass is 10.2. The number of nitrogens with zero attached hydrogens (tertiary/aromatic N) is 1. The normalized spacial score (nSPS) is 30.6. The van der Waals surface area contributed by atoms with E-state index < -0.39 is 6.10 Å². The fourth-order valence-electron chi connectivity index (χ4n) is 1.21. The van der Waals surface area contributed by atoms with Gasteiger partial charge >= 0.3 is 5.97 Å². The third-order valence-corrected chi connectivity index (χ3v) is 3.89. The van der Waals surface area contributed by atoms with Gasteiger partial charge in [-0.25, -0.2) is 4.31 Å². The number of β-amino-alcohol motifs (C(OH)–C–C–N with tert-alkyl or cyclic N) is 1. The summed E-state index contributed by atoms with van der Waals surface area (Å²) >= 11 is 2.09. The number of halogens is 1. The molecule has 12 heavy (non-hydrogen) atoms.